The highest BCUT2D eigenvalue weighted by atomic mass is 16.1. The van der Waals surface area contributed by atoms with Crippen LogP contribution in [0.4, 0.5) is 0 Å². The number of Topliss-reactive ketones (excluding diaryl/α,β-unsaturated/α-hetero) is 1. The van der Waals surface area contributed by atoms with Crippen LogP contribution in [0.3, 0.4) is 0 Å². The molecule has 1 aliphatic rings. The van der Waals surface area contributed by atoms with Crippen molar-refractivity contribution in [2.75, 3.05) is 0 Å². The van der Waals surface area contributed by atoms with E-state index < -0.39 is 0 Å². The number of unbranched alkanes of at least 4 members (excludes halogenated alkanes) is 1. The van der Waals surface area contributed by atoms with Gasteiger partial charge in [0.25, 0.3) is 0 Å². The minimum absolute atomic E-state index is 0.343. The molecule has 0 amide bonds. The second-order valence-corrected chi connectivity index (χ2v) is 5.28. The van der Waals surface area contributed by atoms with E-state index in [1.165, 1.54) is 30.7 Å². The minimum Gasteiger partial charge on any atom is -0.345 e. The third-order valence-electron chi connectivity index (χ3n) is 3.87. The van der Waals surface area contributed by atoms with Crippen molar-refractivity contribution >= 4 is 5.78 Å². The van der Waals surface area contributed by atoms with Crippen molar-refractivity contribution in [3.05, 3.63) is 23.0 Å². The van der Waals surface area contributed by atoms with Gasteiger partial charge in [0.05, 0.1) is 0 Å². The van der Waals surface area contributed by atoms with Crippen LogP contribution in [-0.2, 0) is 6.42 Å². The molecule has 94 valence electrons. The smallest absolute Gasteiger partial charge is 0.164 e. The van der Waals surface area contributed by atoms with Gasteiger partial charge in [0.1, 0.15) is 0 Å². The van der Waals surface area contributed by atoms with E-state index in [4.69, 9.17) is 0 Å². The third-order valence-corrected chi connectivity index (χ3v) is 3.87. The van der Waals surface area contributed by atoms with Crippen molar-refractivity contribution in [3.8, 4) is 0 Å². The Balaban J connectivity index is 2.30. The van der Waals surface area contributed by atoms with Crippen LogP contribution in [-0.4, -0.2) is 10.4 Å². The number of rotatable bonds is 4. The third kappa shape index (κ3) is 2.31. The minimum atomic E-state index is 0.343. The number of ketones is 1. The summed E-state index contributed by atoms with van der Waals surface area (Å²) in [5.74, 6) is 0.343. The molecule has 17 heavy (non-hydrogen) atoms. The van der Waals surface area contributed by atoms with Gasteiger partial charge in [-0.05, 0) is 39.2 Å². The maximum absolute atomic E-state index is 11.9. The molecular formula is C15H23NO. The largest absolute Gasteiger partial charge is 0.345 e. The first-order valence-electron chi connectivity index (χ1n) is 6.89. The molecule has 0 saturated heterocycles. The van der Waals surface area contributed by atoms with E-state index in [0.717, 1.165) is 24.8 Å². The summed E-state index contributed by atoms with van der Waals surface area (Å²) in [5, 5.41) is 0. The fourth-order valence-corrected chi connectivity index (χ4v) is 2.99. The van der Waals surface area contributed by atoms with E-state index in [2.05, 4.69) is 31.4 Å². The summed E-state index contributed by atoms with van der Waals surface area (Å²) in [7, 11) is 0. The summed E-state index contributed by atoms with van der Waals surface area (Å²) in [5.41, 5.74) is 3.55. The molecule has 1 unspecified atom stereocenters. The van der Waals surface area contributed by atoms with Gasteiger partial charge in [-0.1, -0.05) is 19.8 Å². The Morgan fingerprint density at radius 1 is 1.41 bits per heavy atom. The van der Waals surface area contributed by atoms with Crippen LogP contribution in [0, 0.1) is 6.92 Å². The van der Waals surface area contributed by atoms with Gasteiger partial charge >= 0.3 is 0 Å². The van der Waals surface area contributed by atoms with E-state index in [1.54, 1.807) is 0 Å². The van der Waals surface area contributed by atoms with Crippen molar-refractivity contribution in [3.63, 3.8) is 0 Å². The van der Waals surface area contributed by atoms with Crippen molar-refractivity contribution in [2.45, 2.75) is 65.3 Å². The lowest BCUT2D eigenvalue weighted by atomic mass is 9.96. The molecule has 0 saturated carbocycles. The molecule has 0 fully saturated rings. The van der Waals surface area contributed by atoms with Crippen LogP contribution in [0.15, 0.2) is 6.07 Å². The summed E-state index contributed by atoms with van der Waals surface area (Å²) < 4.78 is 2.40. The maximum Gasteiger partial charge on any atom is 0.164 e. The molecule has 0 spiro atoms. The second kappa shape index (κ2) is 5.07. The zero-order valence-corrected chi connectivity index (χ0v) is 11.3. The molecule has 0 aromatic carbocycles. The average molecular weight is 233 g/mol. The van der Waals surface area contributed by atoms with Crippen LogP contribution in [0.2, 0.25) is 0 Å². The van der Waals surface area contributed by atoms with E-state index in [1.807, 2.05) is 0 Å². The Kier molecular flexibility index (Phi) is 3.70. The summed E-state index contributed by atoms with van der Waals surface area (Å²) in [4.78, 5) is 11.9. The number of hydrogen-bond donors (Lipinski definition) is 0. The van der Waals surface area contributed by atoms with E-state index >= 15 is 0 Å². The van der Waals surface area contributed by atoms with Crippen molar-refractivity contribution in [1.82, 2.24) is 4.57 Å². The predicted octanol–water partition coefficient (Wildman–Crippen LogP) is 4.07. The standard InChI is InChI=1S/C15H23NO/c1-4-5-7-11(2)16-12(3)10-13-14(16)8-6-9-15(13)17/h10-11H,4-9H2,1-3H3. The predicted molar refractivity (Wildman–Crippen MR) is 70.7 cm³/mol. The zero-order valence-electron chi connectivity index (χ0n) is 11.3. The molecule has 1 aliphatic carbocycles. The number of hydrogen-bond acceptors (Lipinski definition) is 1. The number of aromatic nitrogens is 1. The Morgan fingerprint density at radius 3 is 2.88 bits per heavy atom. The van der Waals surface area contributed by atoms with Gasteiger partial charge in [0.15, 0.2) is 5.78 Å². The van der Waals surface area contributed by atoms with Crippen LogP contribution in [0.5, 0.6) is 0 Å². The van der Waals surface area contributed by atoms with Gasteiger partial charge in [0.2, 0.25) is 0 Å². The molecule has 0 N–H and O–H groups in total. The number of nitrogens with zero attached hydrogens (tertiary/aromatic N) is 1. The monoisotopic (exact) mass is 233 g/mol. The Morgan fingerprint density at radius 2 is 2.18 bits per heavy atom. The van der Waals surface area contributed by atoms with Gasteiger partial charge in [-0.2, -0.15) is 0 Å². The van der Waals surface area contributed by atoms with Crippen LogP contribution < -0.4 is 0 Å². The highest BCUT2D eigenvalue weighted by Gasteiger charge is 2.24. The number of carbonyl (C=O) groups excluding carboxylic acids is 1. The average Bonchev–Trinajstić information content (AvgIpc) is 2.64. The Hall–Kier alpha value is -1.05. The zero-order chi connectivity index (χ0) is 12.4. The molecule has 2 nitrogen and oxygen atoms in total. The number of aryl methyl sites for hydroxylation is 1. The van der Waals surface area contributed by atoms with E-state index in [9.17, 15) is 4.79 Å². The second-order valence-electron chi connectivity index (χ2n) is 5.28. The first-order valence-corrected chi connectivity index (χ1v) is 6.89. The van der Waals surface area contributed by atoms with Gasteiger partial charge in [0, 0.05) is 29.4 Å². The molecule has 2 heteroatoms. The summed E-state index contributed by atoms with van der Waals surface area (Å²) in [6.07, 6.45) is 6.56. The van der Waals surface area contributed by atoms with E-state index in [0.29, 0.717) is 11.8 Å². The fraction of sp³-hybridized carbons (Fsp3) is 0.667. The molecule has 1 atom stereocenters. The molecule has 0 aliphatic heterocycles. The molecule has 1 aromatic heterocycles. The van der Waals surface area contributed by atoms with Crippen LogP contribution in [0.1, 0.15) is 73.7 Å². The van der Waals surface area contributed by atoms with Crippen molar-refractivity contribution in [2.24, 2.45) is 0 Å². The molecule has 1 heterocycles. The number of carbonyl (C=O) groups is 1. The molecule has 2 rings (SSSR count). The first kappa shape index (κ1) is 12.4. The fourth-order valence-electron chi connectivity index (χ4n) is 2.99. The normalized spacial score (nSPS) is 17.0. The molecule has 0 radical (unpaired) electrons. The molecule has 1 aromatic rings. The Bertz CT molecular complexity index is 417. The number of fused-ring (bicyclic) bond motifs is 1. The SMILES string of the molecule is CCCCC(C)n1c(C)cc2c1CCCC2=O. The van der Waals surface area contributed by atoms with Crippen LogP contribution >= 0.6 is 0 Å². The van der Waals surface area contributed by atoms with Crippen LogP contribution in [0.25, 0.3) is 0 Å². The van der Waals surface area contributed by atoms with Gasteiger partial charge < -0.3 is 4.57 Å². The van der Waals surface area contributed by atoms with Crippen molar-refractivity contribution < 1.29 is 4.79 Å². The maximum atomic E-state index is 11.9. The van der Waals surface area contributed by atoms with E-state index in [-0.39, 0.29) is 0 Å². The lowest BCUT2D eigenvalue weighted by Crippen LogP contribution is -2.16. The quantitative estimate of drug-likeness (QED) is 0.768. The molecule has 0 bridgehead atoms. The van der Waals surface area contributed by atoms with Gasteiger partial charge in [-0.25, -0.2) is 0 Å². The molecular weight excluding hydrogens is 210 g/mol. The lowest BCUT2D eigenvalue weighted by molar-refractivity contribution is 0.0971. The summed E-state index contributed by atoms with van der Waals surface area (Å²) in [6, 6.07) is 2.63. The summed E-state index contributed by atoms with van der Waals surface area (Å²) >= 11 is 0. The summed E-state index contributed by atoms with van der Waals surface area (Å²) in [6.45, 7) is 6.64. The van der Waals surface area contributed by atoms with Crippen molar-refractivity contribution in [1.29, 1.82) is 0 Å². The Labute approximate surface area is 104 Å². The van der Waals surface area contributed by atoms with Gasteiger partial charge in [-0.15, -0.1) is 0 Å². The highest BCUT2D eigenvalue weighted by Crippen LogP contribution is 2.29. The first-order chi connectivity index (χ1) is 8.15. The van der Waals surface area contributed by atoms with Gasteiger partial charge in [-0.3, -0.25) is 4.79 Å². The topological polar surface area (TPSA) is 22.0 Å². The highest BCUT2D eigenvalue weighted by molar-refractivity contribution is 5.98. The lowest BCUT2D eigenvalue weighted by Gasteiger charge is -2.21.